The maximum absolute atomic E-state index is 12.6. The Balaban J connectivity index is 2.27. The molecule has 7 heteroatoms. The predicted molar refractivity (Wildman–Crippen MR) is 69.0 cm³/mol. The molecule has 0 aliphatic rings. The van der Waals surface area contributed by atoms with Gasteiger partial charge in [-0.1, -0.05) is 6.07 Å². The minimum Gasteiger partial charge on any atom is -0.398 e. The van der Waals surface area contributed by atoms with Crippen LogP contribution in [0.3, 0.4) is 0 Å². The molecule has 1 aromatic carbocycles. The van der Waals surface area contributed by atoms with Gasteiger partial charge in [-0.2, -0.15) is 18.3 Å². The molecular formula is C13H14F3N3O. The molecule has 2 aromatic rings. The Morgan fingerprint density at radius 1 is 1.35 bits per heavy atom. The van der Waals surface area contributed by atoms with Gasteiger partial charge in [-0.15, -0.1) is 0 Å². The summed E-state index contributed by atoms with van der Waals surface area (Å²) in [6.45, 7) is 1.07. The Labute approximate surface area is 114 Å². The summed E-state index contributed by atoms with van der Waals surface area (Å²) < 4.78 is 44.3. The minimum absolute atomic E-state index is 0.0751. The van der Waals surface area contributed by atoms with Gasteiger partial charge in [0, 0.05) is 30.1 Å². The van der Waals surface area contributed by atoms with Crippen molar-refractivity contribution in [2.75, 3.05) is 19.5 Å². The summed E-state index contributed by atoms with van der Waals surface area (Å²) in [5.41, 5.74) is 6.22. The van der Waals surface area contributed by atoms with Crippen LogP contribution in [0.4, 0.5) is 18.9 Å². The van der Waals surface area contributed by atoms with Gasteiger partial charge in [0.2, 0.25) is 0 Å². The Bertz CT molecular complexity index is 593. The fourth-order valence-electron chi connectivity index (χ4n) is 1.81. The van der Waals surface area contributed by atoms with Crippen LogP contribution >= 0.6 is 0 Å². The molecule has 0 unspecified atom stereocenters. The Kier molecular flexibility index (Phi) is 3.99. The molecule has 0 spiro atoms. The predicted octanol–water partition coefficient (Wildman–Crippen LogP) is 2.80. The van der Waals surface area contributed by atoms with E-state index in [0.717, 1.165) is 12.1 Å². The highest BCUT2D eigenvalue weighted by Gasteiger charge is 2.30. The van der Waals surface area contributed by atoms with E-state index < -0.39 is 11.7 Å². The van der Waals surface area contributed by atoms with Crippen molar-refractivity contribution >= 4 is 5.69 Å². The largest absolute Gasteiger partial charge is 0.416 e. The lowest BCUT2D eigenvalue weighted by molar-refractivity contribution is -0.137. The molecule has 0 aliphatic heterocycles. The molecule has 0 aliphatic carbocycles. The van der Waals surface area contributed by atoms with Crippen molar-refractivity contribution < 1.29 is 17.9 Å². The van der Waals surface area contributed by atoms with E-state index in [1.54, 1.807) is 24.2 Å². The van der Waals surface area contributed by atoms with Crippen molar-refractivity contribution in [2.24, 2.45) is 0 Å². The number of aromatic nitrogens is 2. The minimum atomic E-state index is -4.39. The van der Waals surface area contributed by atoms with E-state index in [4.69, 9.17) is 10.5 Å². The van der Waals surface area contributed by atoms with Gasteiger partial charge in [0.05, 0.1) is 24.9 Å². The molecule has 2 N–H and O–H groups in total. The number of hydrogen-bond acceptors (Lipinski definition) is 3. The fourth-order valence-corrected chi connectivity index (χ4v) is 1.81. The Morgan fingerprint density at radius 3 is 2.70 bits per heavy atom. The summed E-state index contributed by atoms with van der Waals surface area (Å²) in [5.74, 6) is 0. The third-order valence-corrected chi connectivity index (χ3v) is 2.85. The standard InChI is InChI=1S/C13H14F3N3O/c1-20-5-4-19-8-9(7-18-19)11-3-2-10(6-12(11)17)13(14,15)16/h2-3,6-8H,4-5,17H2,1H3. The quantitative estimate of drug-likeness (QED) is 0.879. The second-order valence-electron chi connectivity index (χ2n) is 4.28. The van der Waals surface area contributed by atoms with Gasteiger partial charge in [-0.05, 0) is 12.1 Å². The Hall–Kier alpha value is -2.02. The van der Waals surface area contributed by atoms with Crippen LogP contribution in [0.5, 0.6) is 0 Å². The molecule has 0 atom stereocenters. The molecule has 0 amide bonds. The number of anilines is 1. The molecule has 1 aromatic heterocycles. The second kappa shape index (κ2) is 5.54. The first-order valence-electron chi connectivity index (χ1n) is 5.90. The fraction of sp³-hybridized carbons (Fsp3) is 0.308. The summed E-state index contributed by atoms with van der Waals surface area (Å²) in [6.07, 6.45) is -1.11. The highest BCUT2D eigenvalue weighted by atomic mass is 19.4. The van der Waals surface area contributed by atoms with E-state index in [9.17, 15) is 13.2 Å². The summed E-state index contributed by atoms with van der Waals surface area (Å²) in [7, 11) is 1.58. The molecule has 0 bridgehead atoms. The first-order chi connectivity index (χ1) is 9.41. The SMILES string of the molecule is COCCn1cc(-c2ccc(C(F)(F)F)cc2N)cn1. The summed E-state index contributed by atoms with van der Waals surface area (Å²) in [5, 5.41) is 4.10. The first kappa shape index (κ1) is 14.4. The van der Waals surface area contributed by atoms with Gasteiger partial charge in [-0.25, -0.2) is 0 Å². The molecule has 0 saturated carbocycles. The number of hydrogen-bond donors (Lipinski definition) is 1. The van der Waals surface area contributed by atoms with Crippen LogP contribution in [0.25, 0.3) is 11.1 Å². The monoisotopic (exact) mass is 285 g/mol. The molecule has 0 radical (unpaired) electrons. The van der Waals surface area contributed by atoms with E-state index in [1.165, 1.54) is 6.07 Å². The van der Waals surface area contributed by atoms with Crippen LogP contribution in [0.2, 0.25) is 0 Å². The van der Waals surface area contributed by atoms with Gasteiger partial charge >= 0.3 is 6.18 Å². The number of rotatable bonds is 4. The van der Waals surface area contributed by atoms with E-state index >= 15 is 0 Å². The molecule has 2 rings (SSSR count). The number of nitrogens with two attached hydrogens (primary N) is 1. The summed E-state index contributed by atoms with van der Waals surface area (Å²) in [4.78, 5) is 0. The van der Waals surface area contributed by atoms with E-state index in [0.29, 0.717) is 24.3 Å². The lowest BCUT2D eigenvalue weighted by atomic mass is 10.0. The van der Waals surface area contributed by atoms with Crippen molar-refractivity contribution in [1.29, 1.82) is 0 Å². The normalized spacial score (nSPS) is 11.8. The third kappa shape index (κ3) is 3.11. The maximum atomic E-state index is 12.6. The van der Waals surface area contributed by atoms with Crippen LogP contribution < -0.4 is 5.73 Å². The molecule has 0 saturated heterocycles. The topological polar surface area (TPSA) is 53.1 Å². The number of benzene rings is 1. The number of halogens is 3. The lowest BCUT2D eigenvalue weighted by Crippen LogP contribution is -2.06. The highest BCUT2D eigenvalue weighted by Crippen LogP contribution is 2.34. The zero-order valence-electron chi connectivity index (χ0n) is 10.8. The van der Waals surface area contributed by atoms with Gasteiger partial charge in [0.15, 0.2) is 0 Å². The van der Waals surface area contributed by atoms with Crippen molar-refractivity contribution in [2.45, 2.75) is 12.7 Å². The average Bonchev–Trinajstić information content (AvgIpc) is 2.83. The van der Waals surface area contributed by atoms with Crippen LogP contribution in [-0.2, 0) is 17.5 Å². The van der Waals surface area contributed by atoms with Crippen LogP contribution in [0.1, 0.15) is 5.56 Å². The number of nitrogens with zero attached hydrogens (tertiary/aromatic N) is 2. The van der Waals surface area contributed by atoms with Gasteiger partial charge in [0.1, 0.15) is 0 Å². The van der Waals surface area contributed by atoms with Crippen LogP contribution in [-0.4, -0.2) is 23.5 Å². The molecule has 20 heavy (non-hydrogen) atoms. The van der Waals surface area contributed by atoms with Crippen LogP contribution in [0, 0.1) is 0 Å². The zero-order chi connectivity index (χ0) is 14.8. The summed E-state index contributed by atoms with van der Waals surface area (Å²) in [6, 6.07) is 3.30. The number of ether oxygens (including phenoxy) is 1. The molecule has 1 heterocycles. The van der Waals surface area contributed by atoms with Crippen molar-refractivity contribution in [1.82, 2.24) is 9.78 Å². The summed E-state index contributed by atoms with van der Waals surface area (Å²) >= 11 is 0. The van der Waals surface area contributed by atoms with E-state index in [2.05, 4.69) is 5.10 Å². The third-order valence-electron chi connectivity index (χ3n) is 2.85. The van der Waals surface area contributed by atoms with Gasteiger partial charge in [-0.3, -0.25) is 4.68 Å². The lowest BCUT2D eigenvalue weighted by Gasteiger charge is -2.09. The van der Waals surface area contributed by atoms with E-state index in [1.807, 2.05) is 0 Å². The molecule has 4 nitrogen and oxygen atoms in total. The van der Waals surface area contributed by atoms with Crippen molar-refractivity contribution in [3.05, 3.63) is 36.2 Å². The van der Waals surface area contributed by atoms with E-state index in [-0.39, 0.29) is 5.69 Å². The molecular weight excluding hydrogens is 271 g/mol. The smallest absolute Gasteiger partial charge is 0.398 e. The van der Waals surface area contributed by atoms with Crippen molar-refractivity contribution in [3.8, 4) is 11.1 Å². The molecule has 108 valence electrons. The first-order valence-corrected chi connectivity index (χ1v) is 5.90. The van der Waals surface area contributed by atoms with Gasteiger partial charge in [0.25, 0.3) is 0 Å². The van der Waals surface area contributed by atoms with Gasteiger partial charge < -0.3 is 10.5 Å². The average molecular weight is 285 g/mol. The maximum Gasteiger partial charge on any atom is 0.416 e. The zero-order valence-corrected chi connectivity index (χ0v) is 10.8. The number of methoxy groups -OCH3 is 1. The number of nitrogen functional groups attached to an aromatic ring is 1. The molecule has 0 fully saturated rings. The second-order valence-corrected chi connectivity index (χ2v) is 4.28. The Morgan fingerprint density at radius 2 is 2.10 bits per heavy atom. The van der Waals surface area contributed by atoms with Crippen molar-refractivity contribution in [3.63, 3.8) is 0 Å². The number of alkyl halides is 3. The van der Waals surface area contributed by atoms with Crippen LogP contribution in [0.15, 0.2) is 30.6 Å². The highest BCUT2D eigenvalue weighted by molar-refractivity contribution is 5.76.